The maximum absolute atomic E-state index is 13.0. The highest BCUT2D eigenvalue weighted by atomic mass is 32.2. The molecule has 0 radical (unpaired) electrons. The predicted octanol–water partition coefficient (Wildman–Crippen LogP) is 3.75. The maximum Gasteiger partial charge on any atom is 0.159 e. The number of hydrogen-bond acceptors (Lipinski definition) is 2. The van der Waals surface area contributed by atoms with Crippen molar-refractivity contribution in [1.82, 2.24) is 0 Å². The SMILES string of the molecule is N#CC1CCCC1Sc1ccc(F)c(F)c1. The van der Waals surface area contributed by atoms with Gasteiger partial charge in [-0.3, -0.25) is 0 Å². The average molecular weight is 239 g/mol. The van der Waals surface area contributed by atoms with Crippen molar-refractivity contribution in [2.45, 2.75) is 29.4 Å². The van der Waals surface area contributed by atoms with Crippen LogP contribution in [0.1, 0.15) is 19.3 Å². The van der Waals surface area contributed by atoms with Crippen LogP contribution < -0.4 is 0 Å². The lowest BCUT2D eigenvalue weighted by atomic mass is 10.1. The lowest BCUT2D eigenvalue weighted by Crippen LogP contribution is -2.07. The van der Waals surface area contributed by atoms with Crippen molar-refractivity contribution in [1.29, 1.82) is 5.26 Å². The zero-order valence-electron chi connectivity index (χ0n) is 8.62. The number of hydrogen-bond donors (Lipinski definition) is 0. The van der Waals surface area contributed by atoms with Crippen molar-refractivity contribution in [3.8, 4) is 6.07 Å². The molecule has 1 aliphatic rings. The molecule has 0 bridgehead atoms. The molecule has 0 aliphatic heterocycles. The number of nitriles is 1. The lowest BCUT2D eigenvalue weighted by Gasteiger charge is -2.12. The molecule has 4 heteroatoms. The predicted molar refractivity (Wildman–Crippen MR) is 59.0 cm³/mol. The summed E-state index contributed by atoms with van der Waals surface area (Å²) in [5.74, 6) is -1.61. The summed E-state index contributed by atoms with van der Waals surface area (Å²) < 4.78 is 25.7. The first kappa shape index (κ1) is 11.4. The fourth-order valence-corrected chi connectivity index (χ4v) is 3.25. The van der Waals surface area contributed by atoms with E-state index in [4.69, 9.17) is 5.26 Å². The molecule has 84 valence electrons. The van der Waals surface area contributed by atoms with Gasteiger partial charge in [0, 0.05) is 10.1 Å². The molecule has 1 aromatic carbocycles. The van der Waals surface area contributed by atoms with Crippen LogP contribution in [0.5, 0.6) is 0 Å². The Morgan fingerprint density at radius 1 is 1.25 bits per heavy atom. The summed E-state index contributed by atoms with van der Waals surface area (Å²) in [6, 6.07) is 6.17. The van der Waals surface area contributed by atoms with Gasteiger partial charge in [-0.1, -0.05) is 6.42 Å². The summed E-state index contributed by atoms with van der Waals surface area (Å²) in [6.45, 7) is 0. The summed E-state index contributed by atoms with van der Waals surface area (Å²) in [4.78, 5) is 0.700. The molecule has 1 aliphatic carbocycles. The third-order valence-corrected chi connectivity index (χ3v) is 4.19. The lowest BCUT2D eigenvalue weighted by molar-refractivity contribution is 0.506. The van der Waals surface area contributed by atoms with E-state index in [2.05, 4.69) is 6.07 Å². The molecule has 2 unspecified atom stereocenters. The third-order valence-electron chi connectivity index (χ3n) is 2.80. The van der Waals surface area contributed by atoms with Gasteiger partial charge in [0.05, 0.1) is 12.0 Å². The molecule has 0 N–H and O–H groups in total. The molecule has 1 aromatic rings. The standard InChI is InChI=1S/C12H11F2NS/c13-10-5-4-9(6-11(10)14)16-12-3-1-2-8(12)7-15/h4-6,8,12H,1-3H2. The van der Waals surface area contributed by atoms with Crippen LogP contribution >= 0.6 is 11.8 Å². The second kappa shape index (κ2) is 4.84. The number of benzene rings is 1. The quantitative estimate of drug-likeness (QED) is 0.784. The second-order valence-corrected chi connectivity index (χ2v) is 5.21. The molecule has 16 heavy (non-hydrogen) atoms. The van der Waals surface area contributed by atoms with Crippen LogP contribution in [0.3, 0.4) is 0 Å². The topological polar surface area (TPSA) is 23.8 Å². The van der Waals surface area contributed by atoms with Crippen LogP contribution in [-0.4, -0.2) is 5.25 Å². The Morgan fingerprint density at radius 2 is 2.06 bits per heavy atom. The van der Waals surface area contributed by atoms with Crippen molar-refractivity contribution >= 4 is 11.8 Å². The summed E-state index contributed by atoms with van der Waals surface area (Å²) in [6.07, 6.45) is 2.93. The molecule has 2 atom stereocenters. The minimum Gasteiger partial charge on any atom is -0.204 e. The highest BCUT2D eigenvalue weighted by Crippen LogP contribution is 2.38. The zero-order chi connectivity index (χ0) is 11.5. The van der Waals surface area contributed by atoms with Gasteiger partial charge in [-0.2, -0.15) is 5.26 Å². The fourth-order valence-electron chi connectivity index (χ4n) is 1.94. The van der Waals surface area contributed by atoms with E-state index in [0.29, 0.717) is 4.90 Å². The van der Waals surface area contributed by atoms with Crippen LogP contribution in [0, 0.1) is 28.9 Å². The Bertz CT molecular complexity index is 428. The van der Waals surface area contributed by atoms with E-state index in [1.807, 2.05) is 0 Å². The van der Waals surface area contributed by atoms with Gasteiger partial charge >= 0.3 is 0 Å². The summed E-state index contributed by atoms with van der Waals surface area (Å²) in [5.41, 5.74) is 0. The maximum atomic E-state index is 13.0. The number of nitrogens with zero attached hydrogens (tertiary/aromatic N) is 1. The first-order chi connectivity index (χ1) is 7.70. The highest BCUT2D eigenvalue weighted by molar-refractivity contribution is 8.00. The van der Waals surface area contributed by atoms with Gasteiger partial charge in [-0.05, 0) is 31.0 Å². The van der Waals surface area contributed by atoms with Crippen molar-refractivity contribution < 1.29 is 8.78 Å². The van der Waals surface area contributed by atoms with Gasteiger partial charge < -0.3 is 0 Å². The first-order valence-electron chi connectivity index (χ1n) is 5.22. The number of thioether (sulfide) groups is 1. The fraction of sp³-hybridized carbons (Fsp3) is 0.417. The molecule has 0 aromatic heterocycles. The Labute approximate surface area is 97.5 Å². The minimum absolute atomic E-state index is 0.0399. The van der Waals surface area contributed by atoms with Gasteiger partial charge in [0.2, 0.25) is 0 Å². The van der Waals surface area contributed by atoms with Crippen LogP contribution in [0.25, 0.3) is 0 Å². The van der Waals surface area contributed by atoms with E-state index < -0.39 is 11.6 Å². The molecule has 1 saturated carbocycles. The normalized spacial score (nSPS) is 24.3. The van der Waals surface area contributed by atoms with Crippen LogP contribution in [-0.2, 0) is 0 Å². The van der Waals surface area contributed by atoms with Gasteiger partial charge in [0.25, 0.3) is 0 Å². The molecule has 0 saturated heterocycles. The van der Waals surface area contributed by atoms with E-state index in [9.17, 15) is 8.78 Å². The van der Waals surface area contributed by atoms with Gasteiger partial charge in [0.1, 0.15) is 0 Å². The van der Waals surface area contributed by atoms with E-state index in [1.165, 1.54) is 17.8 Å². The molecule has 1 fully saturated rings. The number of halogens is 2. The van der Waals surface area contributed by atoms with Crippen LogP contribution in [0.2, 0.25) is 0 Å². The second-order valence-electron chi connectivity index (χ2n) is 3.90. The smallest absolute Gasteiger partial charge is 0.159 e. The van der Waals surface area contributed by atoms with Crippen LogP contribution in [0.15, 0.2) is 23.1 Å². The molecule has 0 amide bonds. The summed E-state index contributed by atoms with van der Waals surface area (Å²) in [7, 11) is 0. The van der Waals surface area contributed by atoms with Gasteiger partial charge in [-0.15, -0.1) is 11.8 Å². The molecular weight excluding hydrogens is 228 g/mol. The van der Waals surface area contributed by atoms with Crippen molar-refractivity contribution in [2.24, 2.45) is 5.92 Å². The molecule has 0 heterocycles. The Morgan fingerprint density at radius 3 is 2.75 bits per heavy atom. The Kier molecular flexibility index (Phi) is 3.45. The molecule has 1 nitrogen and oxygen atoms in total. The highest BCUT2D eigenvalue weighted by Gasteiger charge is 2.28. The van der Waals surface area contributed by atoms with Gasteiger partial charge in [-0.25, -0.2) is 8.78 Å². The summed E-state index contributed by atoms with van der Waals surface area (Å²) >= 11 is 1.48. The van der Waals surface area contributed by atoms with E-state index in [1.54, 1.807) is 6.07 Å². The zero-order valence-corrected chi connectivity index (χ0v) is 9.44. The largest absolute Gasteiger partial charge is 0.204 e. The van der Waals surface area contributed by atoms with Crippen molar-refractivity contribution in [3.05, 3.63) is 29.8 Å². The van der Waals surface area contributed by atoms with E-state index >= 15 is 0 Å². The van der Waals surface area contributed by atoms with E-state index in [-0.39, 0.29) is 11.2 Å². The third kappa shape index (κ3) is 2.35. The monoisotopic (exact) mass is 239 g/mol. The first-order valence-corrected chi connectivity index (χ1v) is 6.10. The number of rotatable bonds is 2. The Balaban J connectivity index is 2.09. The average Bonchev–Trinajstić information content (AvgIpc) is 2.71. The molecule has 0 spiro atoms. The van der Waals surface area contributed by atoms with E-state index in [0.717, 1.165) is 25.3 Å². The van der Waals surface area contributed by atoms with Crippen molar-refractivity contribution in [2.75, 3.05) is 0 Å². The van der Waals surface area contributed by atoms with Gasteiger partial charge in [0.15, 0.2) is 11.6 Å². The summed E-state index contributed by atoms with van der Waals surface area (Å²) in [5, 5.41) is 9.13. The minimum atomic E-state index is -0.826. The molecular formula is C12H11F2NS. The van der Waals surface area contributed by atoms with Crippen molar-refractivity contribution in [3.63, 3.8) is 0 Å². The molecule has 2 rings (SSSR count). The van der Waals surface area contributed by atoms with Crippen LogP contribution in [0.4, 0.5) is 8.78 Å². The Hall–Kier alpha value is -1.08.